The van der Waals surface area contributed by atoms with Gasteiger partial charge in [0.25, 0.3) is 5.91 Å². The summed E-state index contributed by atoms with van der Waals surface area (Å²) in [6.07, 6.45) is 0. The molecule has 1 saturated heterocycles. The van der Waals surface area contributed by atoms with Gasteiger partial charge in [-0.1, -0.05) is 12.1 Å². The molecule has 1 fully saturated rings. The number of thiophene rings is 1. The summed E-state index contributed by atoms with van der Waals surface area (Å²) in [7, 11) is -3.63. The molecule has 0 spiro atoms. The zero-order chi connectivity index (χ0) is 18.9. The molecule has 1 aromatic heterocycles. The molecule has 1 aliphatic rings. The third kappa shape index (κ3) is 3.58. The molecule has 1 amide bonds. The highest BCUT2D eigenvalue weighted by Gasteiger charge is 2.31. The lowest BCUT2D eigenvalue weighted by atomic mass is 10.2. The number of amides is 1. The number of aryl methyl sites for hydroxylation is 1. The van der Waals surface area contributed by atoms with E-state index in [1.165, 1.54) is 46.8 Å². The van der Waals surface area contributed by atoms with Crippen molar-refractivity contribution in [1.29, 1.82) is 0 Å². The maximum Gasteiger partial charge on any atom is 0.264 e. The highest BCUT2D eigenvalue weighted by Crippen LogP contribution is 2.22. The van der Waals surface area contributed by atoms with Crippen LogP contribution in [0.5, 0.6) is 0 Å². The molecule has 1 aromatic carbocycles. The summed E-state index contributed by atoms with van der Waals surface area (Å²) >= 11 is 1.41. The lowest BCUT2D eigenvalue weighted by Gasteiger charge is -2.34. The highest BCUT2D eigenvalue weighted by atomic mass is 32.2. The first kappa shape index (κ1) is 18.8. The van der Waals surface area contributed by atoms with Crippen molar-refractivity contribution >= 4 is 33.1 Å². The molecule has 26 heavy (non-hydrogen) atoms. The number of Topliss-reactive ketones (excluding diaryl/α,β-unsaturated/α-hetero) is 1. The summed E-state index contributed by atoms with van der Waals surface area (Å²) in [6.45, 7) is 4.58. The fourth-order valence-corrected chi connectivity index (χ4v) is 5.19. The average molecular weight is 393 g/mol. The second-order valence-corrected chi connectivity index (χ2v) is 9.06. The molecule has 3 rings (SSSR count). The van der Waals surface area contributed by atoms with Crippen LogP contribution in [0.25, 0.3) is 0 Å². The van der Waals surface area contributed by atoms with Gasteiger partial charge in [-0.2, -0.15) is 4.31 Å². The van der Waals surface area contributed by atoms with Gasteiger partial charge in [0.05, 0.1) is 9.77 Å². The summed E-state index contributed by atoms with van der Waals surface area (Å²) < 4.78 is 26.9. The van der Waals surface area contributed by atoms with E-state index in [0.29, 0.717) is 23.5 Å². The molecule has 8 heteroatoms. The van der Waals surface area contributed by atoms with E-state index in [1.807, 2.05) is 18.4 Å². The molecule has 0 atom stereocenters. The molecule has 0 saturated carbocycles. The highest BCUT2D eigenvalue weighted by molar-refractivity contribution is 7.89. The first-order valence-electron chi connectivity index (χ1n) is 8.25. The predicted octanol–water partition coefficient (Wildman–Crippen LogP) is 2.41. The molecule has 2 heterocycles. The quantitative estimate of drug-likeness (QED) is 0.749. The second kappa shape index (κ2) is 7.30. The van der Waals surface area contributed by atoms with Crippen LogP contribution in [0.15, 0.2) is 40.6 Å². The van der Waals surface area contributed by atoms with Gasteiger partial charge in [0.1, 0.15) is 0 Å². The minimum Gasteiger partial charge on any atom is -0.335 e. The Kier molecular flexibility index (Phi) is 5.27. The zero-order valence-corrected chi connectivity index (χ0v) is 16.3. The lowest BCUT2D eigenvalue weighted by Crippen LogP contribution is -2.50. The number of hydrogen-bond donors (Lipinski definition) is 0. The van der Waals surface area contributed by atoms with E-state index in [4.69, 9.17) is 0 Å². The Morgan fingerprint density at radius 2 is 1.62 bits per heavy atom. The smallest absolute Gasteiger partial charge is 0.264 e. The molecule has 0 aliphatic carbocycles. The zero-order valence-electron chi connectivity index (χ0n) is 14.6. The summed E-state index contributed by atoms with van der Waals surface area (Å²) in [6, 6.07) is 7.86. The van der Waals surface area contributed by atoms with Crippen molar-refractivity contribution in [2.45, 2.75) is 18.7 Å². The third-order valence-corrected chi connectivity index (χ3v) is 7.40. The Hall–Kier alpha value is -2.03. The molecule has 0 bridgehead atoms. The maximum absolute atomic E-state index is 12.8. The molecular weight excluding hydrogens is 372 g/mol. The van der Waals surface area contributed by atoms with E-state index >= 15 is 0 Å². The standard InChI is InChI=1S/C18H20N2O4S2/c1-13-7-12-25-17(13)18(22)19-8-10-20(11-9-19)26(23,24)16-5-3-15(4-6-16)14(2)21/h3-7,12H,8-11H2,1-2H3. The lowest BCUT2D eigenvalue weighted by molar-refractivity contribution is 0.0702. The first-order chi connectivity index (χ1) is 12.3. The van der Waals surface area contributed by atoms with Crippen molar-refractivity contribution in [1.82, 2.24) is 9.21 Å². The van der Waals surface area contributed by atoms with Crippen LogP contribution in [0.1, 0.15) is 32.5 Å². The van der Waals surface area contributed by atoms with Crippen molar-refractivity contribution < 1.29 is 18.0 Å². The van der Waals surface area contributed by atoms with Gasteiger partial charge in [-0.05, 0) is 43.0 Å². The summed E-state index contributed by atoms with van der Waals surface area (Å²) in [5, 5.41) is 1.88. The minimum atomic E-state index is -3.63. The number of carbonyl (C=O) groups excluding carboxylic acids is 2. The van der Waals surface area contributed by atoms with Crippen molar-refractivity contribution in [2.75, 3.05) is 26.2 Å². The molecule has 0 unspecified atom stereocenters. The SMILES string of the molecule is CC(=O)c1ccc(S(=O)(=O)N2CCN(C(=O)c3sccc3C)CC2)cc1. The van der Waals surface area contributed by atoms with Gasteiger partial charge in [0.15, 0.2) is 5.78 Å². The number of nitrogens with zero attached hydrogens (tertiary/aromatic N) is 2. The van der Waals surface area contributed by atoms with E-state index in [-0.39, 0.29) is 29.7 Å². The first-order valence-corrected chi connectivity index (χ1v) is 10.6. The Balaban J connectivity index is 1.69. The van der Waals surface area contributed by atoms with Crippen LogP contribution in [0.2, 0.25) is 0 Å². The topological polar surface area (TPSA) is 74.8 Å². The number of hydrogen-bond acceptors (Lipinski definition) is 5. The molecule has 0 radical (unpaired) electrons. The molecule has 138 valence electrons. The number of carbonyl (C=O) groups is 2. The van der Waals surface area contributed by atoms with E-state index in [1.54, 1.807) is 4.90 Å². The molecule has 6 nitrogen and oxygen atoms in total. The van der Waals surface area contributed by atoms with Gasteiger partial charge >= 0.3 is 0 Å². The minimum absolute atomic E-state index is 0.0413. The fourth-order valence-electron chi connectivity index (χ4n) is 2.88. The van der Waals surface area contributed by atoms with Crippen molar-refractivity contribution in [3.8, 4) is 0 Å². The molecule has 1 aliphatic heterocycles. The average Bonchev–Trinajstić information content (AvgIpc) is 3.07. The van der Waals surface area contributed by atoms with Gasteiger partial charge in [-0.3, -0.25) is 9.59 Å². The summed E-state index contributed by atoms with van der Waals surface area (Å²) in [5.41, 5.74) is 1.42. The van der Waals surface area contributed by atoms with Gasteiger partial charge in [0.2, 0.25) is 10.0 Å². The fraction of sp³-hybridized carbons (Fsp3) is 0.333. The van der Waals surface area contributed by atoms with Crippen molar-refractivity contribution in [3.63, 3.8) is 0 Å². The Morgan fingerprint density at radius 1 is 1.00 bits per heavy atom. The van der Waals surface area contributed by atoms with E-state index in [9.17, 15) is 18.0 Å². The second-order valence-electron chi connectivity index (χ2n) is 6.21. The van der Waals surface area contributed by atoms with Gasteiger partial charge < -0.3 is 4.90 Å². The maximum atomic E-state index is 12.8. The van der Waals surface area contributed by atoms with Crippen LogP contribution in [0, 0.1) is 6.92 Å². The van der Waals surface area contributed by atoms with Crippen LogP contribution in [-0.2, 0) is 10.0 Å². The van der Waals surface area contributed by atoms with E-state index < -0.39 is 10.0 Å². The van der Waals surface area contributed by atoms with Crippen molar-refractivity contribution in [3.05, 3.63) is 51.7 Å². The van der Waals surface area contributed by atoms with E-state index in [2.05, 4.69) is 0 Å². The van der Waals surface area contributed by atoms with Gasteiger partial charge in [-0.25, -0.2) is 8.42 Å². The molecule has 2 aromatic rings. The predicted molar refractivity (Wildman–Crippen MR) is 100 cm³/mol. The van der Waals surface area contributed by atoms with Crippen LogP contribution in [0.4, 0.5) is 0 Å². The Bertz CT molecular complexity index is 924. The largest absolute Gasteiger partial charge is 0.335 e. The summed E-state index contributed by atoms with van der Waals surface area (Å²) in [5.74, 6) is -0.148. The summed E-state index contributed by atoms with van der Waals surface area (Å²) in [4.78, 5) is 26.4. The number of benzene rings is 1. The van der Waals surface area contributed by atoms with Crippen molar-refractivity contribution in [2.24, 2.45) is 0 Å². The normalized spacial score (nSPS) is 15.8. The van der Waals surface area contributed by atoms with Gasteiger partial charge in [-0.15, -0.1) is 11.3 Å². The van der Waals surface area contributed by atoms with Crippen LogP contribution in [0.3, 0.4) is 0 Å². The monoisotopic (exact) mass is 392 g/mol. The van der Waals surface area contributed by atoms with Crippen LogP contribution in [-0.4, -0.2) is 55.5 Å². The Morgan fingerprint density at radius 3 is 2.12 bits per heavy atom. The number of piperazine rings is 1. The number of sulfonamides is 1. The molecular formula is C18H20N2O4S2. The molecule has 0 N–H and O–H groups in total. The Labute approximate surface area is 157 Å². The third-order valence-electron chi connectivity index (χ3n) is 4.48. The number of ketones is 1. The van der Waals surface area contributed by atoms with E-state index in [0.717, 1.165) is 5.56 Å². The number of rotatable bonds is 4. The van der Waals surface area contributed by atoms with Crippen LogP contribution < -0.4 is 0 Å². The van der Waals surface area contributed by atoms with Crippen LogP contribution >= 0.6 is 11.3 Å². The van der Waals surface area contributed by atoms with Gasteiger partial charge in [0, 0.05) is 31.7 Å².